The van der Waals surface area contributed by atoms with Crippen molar-refractivity contribution in [1.82, 2.24) is 9.88 Å². The van der Waals surface area contributed by atoms with E-state index in [1.54, 1.807) is 12.0 Å². The van der Waals surface area contributed by atoms with E-state index in [0.717, 1.165) is 17.7 Å². The van der Waals surface area contributed by atoms with Crippen molar-refractivity contribution < 1.29 is 19.1 Å². The molecule has 7 nitrogen and oxygen atoms in total. The second-order valence-electron chi connectivity index (χ2n) is 8.02. The Morgan fingerprint density at radius 2 is 2.00 bits per heavy atom. The van der Waals surface area contributed by atoms with Crippen LogP contribution < -0.4 is 5.32 Å². The van der Waals surface area contributed by atoms with E-state index in [1.807, 2.05) is 27.0 Å². The molecular weight excluding hydrogens is 366 g/mol. The topological polar surface area (TPSA) is 80.8 Å². The minimum atomic E-state index is -0.663. The molecule has 1 aliphatic heterocycles. The minimum Gasteiger partial charge on any atom is -0.444 e. The molecule has 0 atom stereocenters. The first-order valence-electron chi connectivity index (χ1n) is 9.42. The molecule has 2 rings (SSSR count). The fraction of sp³-hybridized carbons (Fsp3) is 0.737. The first-order chi connectivity index (χ1) is 12.7. The number of thiazole rings is 1. The second kappa shape index (κ2) is 9.01. The Bertz CT molecular complexity index is 646. The van der Waals surface area contributed by atoms with E-state index in [1.165, 1.54) is 11.3 Å². The van der Waals surface area contributed by atoms with Gasteiger partial charge in [-0.2, -0.15) is 0 Å². The smallest absolute Gasteiger partial charge is 0.410 e. The van der Waals surface area contributed by atoms with Crippen LogP contribution in [0.5, 0.6) is 0 Å². The summed E-state index contributed by atoms with van der Waals surface area (Å²) in [4.78, 5) is 32.4. The Morgan fingerprint density at radius 3 is 2.56 bits per heavy atom. The maximum atomic E-state index is 13.0. The van der Waals surface area contributed by atoms with E-state index >= 15 is 0 Å². The zero-order valence-corrected chi connectivity index (χ0v) is 17.8. The third-order valence-electron chi connectivity index (χ3n) is 4.54. The lowest BCUT2D eigenvalue weighted by Crippen LogP contribution is -2.51. The van der Waals surface area contributed by atoms with Crippen LogP contribution in [-0.4, -0.2) is 54.3 Å². The minimum absolute atomic E-state index is 0.0920. The highest BCUT2D eigenvalue weighted by atomic mass is 32.1. The number of nitrogens with zero attached hydrogens (tertiary/aromatic N) is 2. The molecule has 1 N–H and O–H groups in total. The fourth-order valence-corrected chi connectivity index (χ4v) is 4.02. The van der Waals surface area contributed by atoms with Gasteiger partial charge in [0.1, 0.15) is 5.60 Å². The standard InChI is InChI=1S/C19H31N3O4S/c1-6-7-14-12-20-16(27-14)21-15(23)19(13-25-5)8-10-22(11-9-19)17(24)26-18(2,3)4/h12H,6-11,13H2,1-5H3,(H,20,21,23). The molecule has 0 aliphatic carbocycles. The summed E-state index contributed by atoms with van der Waals surface area (Å²) in [6.07, 6.45) is 4.54. The average molecular weight is 398 g/mol. The molecule has 2 heterocycles. The van der Waals surface area contributed by atoms with E-state index in [-0.39, 0.29) is 12.0 Å². The number of aromatic nitrogens is 1. The molecule has 0 unspecified atom stereocenters. The summed E-state index contributed by atoms with van der Waals surface area (Å²) in [6, 6.07) is 0. The van der Waals surface area contributed by atoms with Gasteiger partial charge in [-0.1, -0.05) is 13.3 Å². The van der Waals surface area contributed by atoms with Crippen molar-refractivity contribution in [3.63, 3.8) is 0 Å². The zero-order valence-electron chi connectivity index (χ0n) is 17.0. The van der Waals surface area contributed by atoms with Crippen LogP contribution in [0.2, 0.25) is 0 Å². The molecule has 8 heteroatoms. The molecule has 0 saturated carbocycles. The lowest BCUT2D eigenvalue weighted by molar-refractivity contribution is -0.132. The SMILES string of the molecule is CCCc1cnc(NC(=O)C2(COC)CCN(C(=O)OC(C)(C)C)CC2)s1. The molecule has 1 aliphatic rings. The number of aryl methyl sites for hydroxylation is 1. The molecule has 1 saturated heterocycles. The van der Waals surface area contributed by atoms with Gasteiger partial charge in [0.2, 0.25) is 5.91 Å². The summed E-state index contributed by atoms with van der Waals surface area (Å²) in [5, 5.41) is 3.57. The normalized spacial score (nSPS) is 16.9. The van der Waals surface area contributed by atoms with Gasteiger partial charge in [0.25, 0.3) is 0 Å². The molecule has 1 fully saturated rings. The predicted octanol–water partition coefficient (Wildman–Crippen LogP) is 3.70. The first-order valence-corrected chi connectivity index (χ1v) is 10.2. The number of anilines is 1. The third-order valence-corrected chi connectivity index (χ3v) is 5.52. The molecule has 152 valence electrons. The highest BCUT2D eigenvalue weighted by Gasteiger charge is 2.43. The summed E-state index contributed by atoms with van der Waals surface area (Å²) in [7, 11) is 1.60. The molecule has 0 spiro atoms. The molecular formula is C19H31N3O4S. The summed E-state index contributed by atoms with van der Waals surface area (Å²) < 4.78 is 10.8. The number of rotatable bonds is 6. The number of amides is 2. The fourth-order valence-electron chi connectivity index (χ4n) is 3.11. The van der Waals surface area contributed by atoms with E-state index in [9.17, 15) is 9.59 Å². The van der Waals surface area contributed by atoms with Crippen LogP contribution in [0.15, 0.2) is 6.20 Å². The number of carbonyl (C=O) groups is 2. The Balaban J connectivity index is 2.01. The summed E-state index contributed by atoms with van der Waals surface area (Å²) in [5.41, 5.74) is -1.19. The van der Waals surface area contributed by atoms with Crippen LogP contribution in [0, 0.1) is 5.41 Å². The van der Waals surface area contributed by atoms with Crippen molar-refractivity contribution in [3.05, 3.63) is 11.1 Å². The van der Waals surface area contributed by atoms with Crippen molar-refractivity contribution in [2.75, 3.05) is 32.1 Å². The quantitative estimate of drug-likeness (QED) is 0.792. The molecule has 2 amide bonds. The van der Waals surface area contributed by atoms with Crippen molar-refractivity contribution in [2.45, 2.75) is 59.0 Å². The van der Waals surface area contributed by atoms with E-state index in [2.05, 4.69) is 17.2 Å². The van der Waals surface area contributed by atoms with Crippen LogP contribution in [0.1, 0.15) is 51.8 Å². The predicted molar refractivity (Wildman–Crippen MR) is 106 cm³/mol. The number of hydrogen-bond donors (Lipinski definition) is 1. The van der Waals surface area contributed by atoms with E-state index < -0.39 is 11.0 Å². The van der Waals surface area contributed by atoms with Crippen LogP contribution in [-0.2, 0) is 20.7 Å². The zero-order chi connectivity index (χ0) is 20.1. The number of methoxy groups -OCH3 is 1. The van der Waals surface area contributed by atoms with Gasteiger partial charge in [0.05, 0.1) is 12.0 Å². The lowest BCUT2D eigenvalue weighted by Gasteiger charge is -2.40. The Morgan fingerprint density at radius 1 is 1.33 bits per heavy atom. The van der Waals surface area contributed by atoms with Gasteiger partial charge in [0.15, 0.2) is 5.13 Å². The third kappa shape index (κ3) is 5.90. The number of piperidine rings is 1. The average Bonchev–Trinajstić information content (AvgIpc) is 3.01. The van der Waals surface area contributed by atoms with Crippen LogP contribution in [0.4, 0.5) is 9.93 Å². The number of likely N-dealkylation sites (tertiary alicyclic amines) is 1. The highest BCUT2D eigenvalue weighted by molar-refractivity contribution is 7.15. The summed E-state index contributed by atoms with van der Waals surface area (Å²) in [5.74, 6) is -0.0920. The van der Waals surface area contributed by atoms with Gasteiger partial charge < -0.3 is 19.7 Å². The van der Waals surface area contributed by atoms with Gasteiger partial charge >= 0.3 is 6.09 Å². The van der Waals surface area contributed by atoms with Crippen LogP contribution >= 0.6 is 11.3 Å². The van der Waals surface area contributed by atoms with Gasteiger partial charge in [-0.05, 0) is 40.0 Å². The van der Waals surface area contributed by atoms with Crippen molar-refractivity contribution in [3.8, 4) is 0 Å². The number of hydrogen-bond acceptors (Lipinski definition) is 6. The van der Waals surface area contributed by atoms with Crippen LogP contribution in [0.3, 0.4) is 0 Å². The Kier molecular flexibility index (Phi) is 7.22. The van der Waals surface area contributed by atoms with E-state index in [4.69, 9.17) is 9.47 Å². The van der Waals surface area contributed by atoms with Gasteiger partial charge in [-0.15, -0.1) is 11.3 Å². The maximum absolute atomic E-state index is 13.0. The molecule has 1 aromatic heterocycles. The molecule has 0 aromatic carbocycles. The maximum Gasteiger partial charge on any atom is 0.410 e. The van der Waals surface area contributed by atoms with Crippen molar-refractivity contribution in [1.29, 1.82) is 0 Å². The Hall–Kier alpha value is -1.67. The van der Waals surface area contributed by atoms with Crippen molar-refractivity contribution >= 4 is 28.5 Å². The lowest BCUT2D eigenvalue weighted by atomic mass is 9.78. The largest absolute Gasteiger partial charge is 0.444 e. The molecule has 1 aromatic rings. The van der Waals surface area contributed by atoms with E-state index in [0.29, 0.717) is 37.7 Å². The summed E-state index contributed by atoms with van der Waals surface area (Å²) in [6.45, 7) is 8.89. The second-order valence-corrected chi connectivity index (χ2v) is 9.13. The van der Waals surface area contributed by atoms with Gasteiger partial charge in [0, 0.05) is 31.3 Å². The van der Waals surface area contributed by atoms with Crippen molar-refractivity contribution in [2.24, 2.45) is 5.41 Å². The monoisotopic (exact) mass is 397 g/mol. The summed E-state index contributed by atoms with van der Waals surface area (Å²) >= 11 is 1.51. The first kappa shape index (κ1) is 21.6. The molecule has 27 heavy (non-hydrogen) atoms. The number of nitrogens with one attached hydrogen (secondary N) is 1. The molecule has 0 bridgehead atoms. The van der Waals surface area contributed by atoms with Gasteiger partial charge in [-0.3, -0.25) is 4.79 Å². The highest BCUT2D eigenvalue weighted by Crippen LogP contribution is 2.34. The molecule has 0 radical (unpaired) electrons. The number of carbonyl (C=O) groups excluding carboxylic acids is 2. The van der Waals surface area contributed by atoms with Crippen LogP contribution in [0.25, 0.3) is 0 Å². The Labute approximate surface area is 165 Å². The number of ether oxygens (including phenoxy) is 2. The van der Waals surface area contributed by atoms with Gasteiger partial charge in [-0.25, -0.2) is 9.78 Å².